The zero-order valence-corrected chi connectivity index (χ0v) is 18.0. The highest BCUT2D eigenvalue weighted by Crippen LogP contribution is 2.18. The second-order valence-electron chi connectivity index (χ2n) is 6.41. The lowest BCUT2D eigenvalue weighted by molar-refractivity contribution is -0.130. The van der Waals surface area contributed by atoms with Crippen molar-refractivity contribution < 1.29 is 4.79 Å². The van der Waals surface area contributed by atoms with Crippen LogP contribution in [0.5, 0.6) is 0 Å². The van der Waals surface area contributed by atoms with Crippen LogP contribution in [0.1, 0.15) is 31.7 Å². The molecule has 0 spiro atoms. The Bertz CT molecular complexity index is 605. The van der Waals surface area contributed by atoms with E-state index >= 15 is 0 Å². The molecular weight excluding hydrogens is 412 g/mol. The number of hydrogen-bond donors (Lipinski definition) is 2. The Balaban J connectivity index is 1.81. The molecule has 1 fully saturated rings. The van der Waals surface area contributed by atoms with Crippen LogP contribution >= 0.6 is 27.7 Å². The number of halogens is 1. The summed E-state index contributed by atoms with van der Waals surface area (Å²) in [5.74, 6) is 3.30. The molecule has 0 radical (unpaired) electrons. The number of rotatable bonds is 7. The first kappa shape index (κ1) is 21.1. The molecule has 2 N–H and O–H groups in total. The van der Waals surface area contributed by atoms with Crippen LogP contribution in [-0.2, 0) is 11.3 Å². The number of nitrogens with zero attached hydrogens (tertiary/aromatic N) is 2. The van der Waals surface area contributed by atoms with Gasteiger partial charge in [-0.2, -0.15) is 11.8 Å². The lowest BCUT2D eigenvalue weighted by Gasteiger charge is -2.24. The Kier molecular flexibility index (Phi) is 9.32. The van der Waals surface area contributed by atoms with Gasteiger partial charge in [0.25, 0.3) is 0 Å². The number of carbonyl (C=O) groups is 1. The van der Waals surface area contributed by atoms with E-state index in [1.54, 1.807) is 4.90 Å². The maximum Gasteiger partial charge on any atom is 0.224 e. The van der Waals surface area contributed by atoms with Crippen LogP contribution in [-0.4, -0.2) is 54.5 Å². The largest absolute Gasteiger partial charge is 0.357 e. The van der Waals surface area contributed by atoms with Gasteiger partial charge in [-0.15, -0.1) is 0 Å². The zero-order chi connectivity index (χ0) is 18.8. The fourth-order valence-electron chi connectivity index (χ4n) is 2.79. The smallest absolute Gasteiger partial charge is 0.224 e. The highest BCUT2D eigenvalue weighted by Gasteiger charge is 2.15. The quantitative estimate of drug-likeness (QED) is 0.504. The summed E-state index contributed by atoms with van der Waals surface area (Å²) in [5.41, 5.74) is 1.11. The summed E-state index contributed by atoms with van der Waals surface area (Å²) in [5, 5.41) is 6.77. The first-order valence-corrected chi connectivity index (χ1v) is 11.1. The minimum Gasteiger partial charge on any atom is -0.357 e. The number of amides is 1. The van der Waals surface area contributed by atoms with Crippen molar-refractivity contribution in [3.63, 3.8) is 0 Å². The lowest BCUT2D eigenvalue weighted by atomic mass is 10.2. The van der Waals surface area contributed by atoms with Crippen molar-refractivity contribution >= 4 is 39.6 Å². The topological polar surface area (TPSA) is 56.7 Å². The Labute approximate surface area is 169 Å². The molecule has 1 atom stereocenters. The predicted octanol–water partition coefficient (Wildman–Crippen LogP) is 3.25. The average Bonchev–Trinajstić information content (AvgIpc) is 2.64. The Morgan fingerprint density at radius 3 is 2.92 bits per heavy atom. The van der Waals surface area contributed by atoms with Gasteiger partial charge in [0.1, 0.15) is 0 Å². The molecular formula is C19H29BrN4OS. The molecule has 1 aromatic rings. The van der Waals surface area contributed by atoms with E-state index in [-0.39, 0.29) is 5.91 Å². The molecule has 5 nitrogen and oxygen atoms in total. The summed E-state index contributed by atoms with van der Waals surface area (Å²) in [4.78, 5) is 18.7. The number of thioether (sulfide) groups is 1. The highest BCUT2D eigenvalue weighted by atomic mass is 79.9. The fourth-order valence-corrected chi connectivity index (χ4v) is 4.27. The third-order valence-corrected chi connectivity index (χ3v) is 6.22. The molecule has 0 saturated carbocycles. The van der Waals surface area contributed by atoms with Crippen molar-refractivity contribution in [2.45, 2.75) is 38.8 Å². The molecule has 1 aliphatic rings. The third-order valence-electron chi connectivity index (χ3n) is 4.23. The summed E-state index contributed by atoms with van der Waals surface area (Å²) in [7, 11) is 1.84. The summed E-state index contributed by atoms with van der Waals surface area (Å²) < 4.78 is 1.03. The van der Waals surface area contributed by atoms with Crippen LogP contribution < -0.4 is 10.6 Å². The van der Waals surface area contributed by atoms with E-state index < -0.39 is 0 Å². The van der Waals surface area contributed by atoms with Gasteiger partial charge in [-0.25, -0.2) is 0 Å². The van der Waals surface area contributed by atoms with Crippen molar-refractivity contribution in [1.29, 1.82) is 0 Å². The van der Waals surface area contributed by atoms with Gasteiger partial charge < -0.3 is 15.5 Å². The average molecular weight is 441 g/mol. The van der Waals surface area contributed by atoms with Crippen molar-refractivity contribution in [3.05, 3.63) is 34.3 Å². The van der Waals surface area contributed by atoms with Crippen LogP contribution in [0.25, 0.3) is 0 Å². The molecule has 1 amide bonds. The van der Waals surface area contributed by atoms with Gasteiger partial charge in [0.15, 0.2) is 5.96 Å². The van der Waals surface area contributed by atoms with Gasteiger partial charge in [0, 0.05) is 42.8 Å². The Morgan fingerprint density at radius 2 is 2.23 bits per heavy atom. The van der Waals surface area contributed by atoms with Gasteiger partial charge in [0.2, 0.25) is 5.91 Å². The maximum absolute atomic E-state index is 12.4. The van der Waals surface area contributed by atoms with Gasteiger partial charge in [-0.1, -0.05) is 34.1 Å². The van der Waals surface area contributed by atoms with E-state index in [9.17, 15) is 4.79 Å². The molecule has 7 heteroatoms. The van der Waals surface area contributed by atoms with E-state index in [0.29, 0.717) is 25.6 Å². The first-order valence-electron chi connectivity index (χ1n) is 9.20. The Hall–Kier alpha value is -1.21. The standard InChI is InChI=1S/C19H29BrN4OS/c1-3-21-19(23-16-8-6-12-26-14-16)22-11-10-18(25)24(2)13-15-7-4-5-9-17(15)20/h4-5,7,9,16H,3,6,8,10-14H2,1-2H3,(H2,21,22,23). The maximum atomic E-state index is 12.4. The molecule has 1 unspecified atom stereocenters. The number of aliphatic imine (C=N–C) groups is 1. The van der Waals surface area contributed by atoms with Crippen LogP contribution in [0.4, 0.5) is 0 Å². The van der Waals surface area contributed by atoms with Crippen molar-refractivity contribution in [3.8, 4) is 0 Å². The van der Waals surface area contributed by atoms with E-state index in [4.69, 9.17) is 0 Å². The van der Waals surface area contributed by atoms with Gasteiger partial charge >= 0.3 is 0 Å². The van der Waals surface area contributed by atoms with Gasteiger partial charge in [0.05, 0.1) is 6.54 Å². The van der Waals surface area contributed by atoms with Crippen molar-refractivity contribution in [2.75, 3.05) is 31.6 Å². The predicted molar refractivity (Wildman–Crippen MR) is 115 cm³/mol. The SMILES string of the molecule is CCNC(=NCCC(=O)N(C)Cc1ccccc1Br)NC1CCCSC1. The minimum atomic E-state index is 0.105. The van der Waals surface area contributed by atoms with Gasteiger partial charge in [-0.05, 0) is 37.1 Å². The number of benzene rings is 1. The number of carbonyl (C=O) groups excluding carboxylic acids is 1. The molecule has 0 aromatic heterocycles. The van der Waals surface area contributed by atoms with E-state index in [2.05, 4.69) is 38.5 Å². The molecule has 26 heavy (non-hydrogen) atoms. The number of hydrogen-bond acceptors (Lipinski definition) is 3. The Morgan fingerprint density at radius 1 is 1.42 bits per heavy atom. The van der Waals surface area contributed by atoms with Crippen LogP contribution in [0.15, 0.2) is 33.7 Å². The molecule has 1 aliphatic heterocycles. The molecule has 0 bridgehead atoms. The van der Waals surface area contributed by atoms with Gasteiger partial charge in [-0.3, -0.25) is 9.79 Å². The lowest BCUT2D eigenvalue weighted by Crippen LogP contribution is -2.45. The number of nitrogens with one attached hydrogen (secondary N) is 2. The number of guanidine groups is 1. The third kappa shape index (κ3) is 7.19. The molecule has 1 saturated heterocycles. The molecule has 1 aromatic carbocycles. The summed E-state index contributed by atoms with van der Waals surface area (Å²) in [6, 6.07) is 8.46. The van der Waals surface area contributed by atoms with Crippen LogP contribution in [0.3, 0.4) is 0 Å². The zero-order valence-electron chi connectivity index (χ0n) is 15.6. The first-order chi connectivity index (χ1) is 12.6. The second-order valence-corrected chi connectivity index (χ2v) is 8.41. The summed E-state index contributed by atoms with van der Waals surface area (Å²) >= 11 is 5.52. The van der Waals surface area contributed by atoms with E-state index in [0.717, 1.165) is 28.3 Å². The molecule has 2 rings (SSSR count). The summed E-state index contributed by atoms with van der Waals surface area (Å²) in [6.45, 7) is 3.97. The monoisotopic (exact) mass is 440 g/mol. The van der Waals surface area contributed by atoms with Crippen molar-refractivity contribution in [1.82, 2.24) is 15.5 Å². The highest BCUT2D eigenvalue weighted by molar-refractivity contribution is 9.10. The molecule has 1 heterocycles. The molecule has 0 aliphatic carbocycles. The van der Waals surface area contributed by atoms with E-state index in [1.165, 1.54) is 18.6 Å². The van der Waals surface area contributed by atoms with E-state index in [1.807, 2.05) is 43.1 Å². The van der Waals surface area contributed by atoms with Crippen molar-refractivity contribution in [2.24, 2.45) is 4.99 Å². The summed E-state index contributed by atoms with van der Waals surface area (Å²) in [6.07, 6.45) is 2.85. The minimum absolute atomic E-state index is 0.105. The van der Waals surface area contributed by atoms with Crippen LogP contribution in [0.2, 0.25) is 0 Å². The fraction of sp³-hybridized carbons (Fsp3) is 0.579. The molecule has 144 valence electrons. The van der Waals surface area contributed by atoms with Crippen LogP contribution in [0, 0.1) is 0 Å². The second kappa shape index (κ2) is 11.5. The normalized spacial score (nSPS) is 17.7.